The molecule has 0 N–H and O–H groups in total. The standard InChI is InChI=1S/C24H23BrClNO3/c1-15-10-11-27(14-15)23(29)7-2-4-16-12-17(25)8-9-18(16)22-13-21(28)19-5-3-6-20(26)24(19)30-22/h3,5-6,8-9,12-13,15H,2,4,7,10-11,14H2,1H3. The maximum Gasteiger partial charge on any atom is 0.222 e. The van der Waals surface area contributed by atoms with E-state index >= 15 is 0 Å². The first-order valence-corrected chi connectivity index (χ1v) is 11.4. The van der Waals surface area contributed by atoms with Gasteiger partial charge in [-0.25, -0.2) is 0 Å². The molecule has 1 saturated heterocycles. The Morgan fingerprint density at radius 3 is 2.87 bits per heavy atom. The van der Waals surface area contributed by atoms with Crippen LogP contribution >= 0.6 is 27.5 Å². The molecular weight excluding hydrogens is 466 g/mol. The van der Waals surface area contributed by atoms with Crippen molar-refractivity contribution >= 4 is 44.4 Å². The number of aryl methyl sites for hydroxylation is 1. The largest absolute Gasteiger partial charge is 0.454 e. The molecule has 1 atom stereocenters. The van der Waals surface area contributed by atoms with Crippen molar-refractivity contribution in [1.29, 1.82) is 0 Å². The van der Waals surface area contributed by atoms with Gasteiger partial charge in [0.1, 0.15) is 5.76 Å². The molecule has 4 rings (SSSR count). The second kappa shape index (κ2) is 8.94. The van der Waals surface area contributed by atoms with Crippen molar-refractivity contribution in [1.82, 2.24) is 4.90 Å². The maximum absolute atomic E-state index is 12.6. The molecule has 1 fully saturated rings. The zero-order valence-corrected chi connectivity index (χ0v) is 19.1. The highest BCUT2D eigenvalue weighted by molar-refractivity contribution is 9.10. The van der Waals surface area contributed by atoms with Crippen molar-refractivity contribution in [2.24, 2.45) is 5.92 Å². The van der Waals surface area contributed by atoms with E-state index in [2.05, 4.69) is 22.9 Å². The fraction of sp³-hybridized carbons (Fsp3) is 0.333. The molecule has 2 aromatic carbocycles. The predicted octanol–water partition coefficient (Wildman–Crippen LogP) is 6.07. The number of carbonyl (C=O) groups is 1. The van der Waals surface area contributed by atoms with E-state index in [-0.39, 0.29) is 11.3 Å². The lowest BCUT2D eigenvalue weighted by atomic mass is 9.99. The predicted molar refractivity (Wildman–Crippen MR) is 124 cm³/mol. The minimum absolute atomic E-state index is 0.124. The number of hydrogen-bond donors (Lipinski definition) is 0. The first kappa shape index (κ1) is 21.1. The Morgan fingerprint density at radius 2 is 2.10 bits per heavy atom. The van der Waals surface area contributed by atoms with Gasteiger partial charge in [0.05, 0.1) is 10.4 Å². The van der Waals surface area contributed by atoms with E-state index in [9.17, 15) is 9.59 Å². The third-order valence-electron chi connectivity index (χ3n) is 5.65. The van der Waals surface area contributed by atoms with Gasteiger partial charge >= 0.3 is 0 Å². The van der Waals surface area contributed by atoms with Crippen LogP contribution in [-0.4, -0.2) is 23.9 Å². The first-order valence-electron chi connectivity index (χ1n) is 10.2. The molecule has 30 heavy (non-hydrogen) atoms. The molecule has 1 amide bonds. The van der Waals surface area contributed by atoms with Gasteiger partial charge in [-0.1, -0.05) is 40.5 Å². The van der Waals surface area contributed by atoms with Crippen LogP contribution in [0.2, 0.25) is 5.02 Å². The van der Waals surface area contributed by atoms with Gasteiger partial charge < -0.3 is 9.32 Å². The van der Waals surface area contributed by atoms with Crippen molar-refractivity contribution < 1.29 is 9.21 Å². The summed E-state index contributed by atoms with van der Waals surface area (Å²) < 4.78 is 6.98. The number of benzene rings is 2. The summed E-state index contributed by atoms with van der Waals surface area (Å²) in [6.07, 6.45) is 3.07. The second-order valence-electron chi connectivity index (χ2n) is 7.98. The molecule has 0 bridgehead atoms. The van der Waals surface area contributed by atoms with Crippen molar-refractivity contribution in [3.05, 3.63) is 67.7 Å². The van der Waals surface area contributed by atoms with Gasteiger partial charge in [-0.05, 0) is 61.1 Å². The van der Waals surface area contributed by atoms with Crippen LogP contribution < -0.4 is 5.43 Å². The number of hydrogen-bond acceptors (Lipinski definition) is 3. The number of carbonyl (C=O) groups excluding carboxylic acids is 1. The highest BCUT2D eigenvalue weighted by Gasteiger charge is 2.22. The number of likely N-dealkylation sites (tertiary alicyclic amines) is 1. The molecule has 2 heterocycles. The normalized spacial score (nSPS) is 16.4. The molecule has 0 aliphatic carbocycles. The molecular formula is C24H23BrClNO3. The van der Waals surface area contributed by atoms with E-state index in [0.717, 1.165) is 41.5 Å². The second-order valence-corrected chi connectivity index (χ2v) is 9.30. The molecule has 0 spiro atoms. The third kappa shape index (κ3) is 4.47. The Hall–Kier alpha value is -2.11. The average Bonchev–Trinajstić information content (AvgIpc) is 3.15. The molecule has 1 aliphatic heterocycles. The minimum Gasteiger partial charge on any atom is -0.454 e. The highest BCUT2D eigenvalue weighted by atomic mass is 79.9. The van der Waals surface area contributed by atoms with Crippen molar-refractivity contribution in [2.45, 2.75) is 32.6 Å². The fourth-order valence-corrected chi connectivity index (χ4v) is 4.66. The quantitative estimate of drug-likeness (QED) is 0.438. The Labute approximate surface area is 189 Å². The number of rotatable bonds is 5. The van der Waals surface area contributed by atoms with E-state index in [1.54, 1.807) is 18.2 Å². The van der Waals surface area contributed by atoms with Gasteiger partial charge in [-0.2, -0.15) is 0 Å². The number of amides is 1. The summed E-state index contributed by atoms with van der Waals surface area (Å²) in [5.74, 6) is 1.30. The van der Waals surface area contributed by atoms with E-state index in [1.807, 2.05) is 23.1 Å². The lowest BCUT2D eigenvalue weighted by molar-refractivity contribution is -0.130. The highest BCUT2D eigenvalue weighted by Crippen LogP contribution is 2.31. The van der Waals surface area contributed by atoms with E-state index < -0.39 is 0 Å². The van der Waals surface area contributed by atoms with E-state index in [1.165, 1.54) is 6.07 Å². The summed E-state index contributed by atoms with van der Waals surface area (Å²) in [6.45, 7) is 3.92. The van der Waals surface area contributed by atoms with Crippen LogP contribution in [-0.2, 0) is 11.2 Å². The average molecular weight is 489 g/mol. The number of halogens is 2. The molecule has 4 nitrogen and oxygen atoms in total. The van der Waals surface area contributed by atoms with Gasteiger partial charge in [-0.15, -0.1) is 0 Å². The summed E-state index contributed by atoms with van der Waals surface area (Å²) in [7, 11) is 0. The zero-order chi connectivity index (χ0) is 21.3. The van der Waals surface area contributed by atoms with Gasteiger partial charge in [0.25, 0.3) is 0 Å². The van der Waals surface area contributed by atoms with Crippen LogP contribution in [0.3, 0.4) is 0 Å². The summed E-state index contributed by atoms with van der Waals surface area (Å²) in [5.41, 5.74) is 2.15. The van der Waals surface area contributed by atoms with Gasteiger partial charge in [0.15, 0.2) is 11.0 Å². The van der Waals surface area contributed by atoms with E-state index in [4.69, 9.17) is 16.0 Å². The molecule has 156 valence electrons. The van der Waals surface area contributed by atoms with Gasteiger partial charge in [0.2, 0.25) is 5.91 Å². The number of nitrogens with zero attached hydrogens (tertiary/aromatic N) is 1. The molecule has 1 unspecified atom stereocenters. The minimum atomic E-state index is -0.124. The smallest absolute Gasteiger partial charge is 0.222 e. The van der Waals surface area contributed by atoms with E-state index in [0.29, 0.717) is 40.5 Å². The molecule has 6 heteroatoms. The molecule has 0 saturated carbocycles. The lowest BCUT2D eigenvalue weighted by Gasteiger charge is -2.16. The summed E-state index contributed by atoms with van der Waals surface area (Å²) in [5, 5.41) is 0.880. The number of para-hydroxylation sites is 1. The molecule has 3 aromatic rings. The summed E-state index contributed by atoms with van der Waals surface area (Å²) in [6, 6.07) is 12.6. The van der Waals surface area contributed by atoms with Gasteiger partial charge in [-0.3, -0.25) is 9.59 Å². The SMILES string of the molecule is CC1CCN(C(=O)CCCc2cc(Br)ccc2-c2cc(=O)c3cccc(Cl)c3o2)C1. The number of fused-ring (bicyclic) bond motifs is 1. The van der Waals surface area contributed by atoms with Gasteiger partial charge in [0, 0.05) is 35.6 Å². The molecule has 1 aliphatic rings. The Morgan fingerprint density at radius 1 is 1.27 bits per heavy atom. The van der Waals surface area contributed by atoms with Crippen LogP contribution in [0, 0.1) is 5.92 Å². The van der Waals surface area contributed by atoms with Crippen LogP contribution in [0.5, 0.6) is 0 Å². The van der Waals surface area contributed by atoms with Crippen LogP contribution in [0.15, 0.2) is 56.1 Å². The lowest BCUT2D eigenvalue weighted by Crippen LogP contribution is -2.28. The Kier molecular flexibility index (Phi) is 6.30. The van der Waals surface area contributed by atoms with Crippen molar-refractivity contribution in [3.8, 4) is 11.3 Å². The van der Waals surface area contributed by atoms with Crippen molar-refractivity contribution in [2.75, 3.05) is 13.1 Å². The zero-order valence-electron chi connectivity index (χ0n) is 16.8. The monoisotopic (exact) mass is 487 g/mol. The maximum atomic E-state index is 12.6. The first-order chi connectivity index (χ1) is 14.4. The summed E-state index contributed by atoms with van der Waals surface area (Å²) >= 11 is 9.79. The molecule has 1 aromatic heterocycles. The molecule has 0 radical (unpaired) electrons. The van der Waals surface area contributed by atoms with Crippen LogP contribution in [0.4, 0.5) is 0 Å². The Bertz CT molecular complexity index is 1160. The Balaban J connectivity index is 1.58. The van der Waals surface area contributed by atoms with Crippen LogP contribution in [0.1, 0.15) is 31.7 Å². The van der Waals surface area contributed by atoms with Crippen molar-refractivity contribution in [3.63, 3.8) is 0 Å². The summed E-state index contributed by atoms with van der Waals surface area (Å²) in [4.78, 5) is 27.0. The fourth-order valence-electron chi connectivity index (χ4n) is 4.03. The van der Waals surface area contributed by atoms with Crippen LogP contribution in [0.25, 0.3) is 22.3 Å². The third-order valence-corrected chi connectivity index (χ3v) is 6.44. The topological polar surface area (TPSA) is 50.5 Å².